The minimum Gasteiger partial charge on any atom is -0.462 e. The van der Waals surface area contributed by atoms with Gasteiger partial charge in [0.05, 0.1) is 0 Å². The molecule has 0 saturated carbocycles. The van der Waals surface area contributed by atoms with Gasteiger partial charge in [0.25, 0.3) is 0 Å². The van der Waals surface area contributed by atoms with Crippen molar-refractivity contribution in [2.24, 2.45) is 0 Å². The third-order valence-corrected chi connectivity index (χ3v) is 5.18. The Labute approximate surface area is 169 Å². The van der Waals surface area contributed by atoms with Gasteiger partial charge >= 0.3 is 11.9 Å². The highest BCUT2D eigenvalue weighted by Crippen LogP contribution is 2.14. The highest BCUT2D eigenvalue weighted by molar-refractivity contribution is 8.13. The van der Waals surface area contributed by atoms with Crippen LogP contribution in [0, 0.1) is 0 Å². The van der Waals surface area contributed by atoms with Gasteiger partial charge in [0.2, 0.25) is 0 Å². The smallest absolute Gasteiger partial charge is 0.306 e. The van der Waals surface area contributed by atoms with E-state index in [1.54, 1.807) is 0 Å². The third-order valence-electron chi connectivity index (χ3n) is 4.11. The van der Waals surface area contributed by atoms with E-state index in [-0.39, 0.29) is 23.7 Å². The Kier molecular flexibility index (Phi) is 17.6. The number of thioether (sulfide) groups is 1. The Morgan fingerprint density at radius 2 is 1.26 bits per heavy atom. The van der Waals surface area contributed by atoms with Crippen LogP contribution < -0.4 is 0 Å². The van der Waals surface area contributed by atoms with Crippen molar-refractivity contribution in [3.63, 3.8) is 0 Å². The van der Waals surface area contributed by atoms with Crippen LogP contribution in [0.25, 0.3) is 0 Å². The van der Waals surface area contributed by atoms with E-state index < -0.39 is 6.10 Å². The lowest BCUT2D eigenvalue weighted by Gasteiger charge is -2.17. The molecule has 0 spiro atoms. The van der Waals surface area contributed by atoms with Crippen molar-refractivity contribution in [3.05, 3.63) is 0 Å². The number of hydrogen-bond acceptors (Lipinski definition) is 6. The second-order valence-corrected chi connectivity index (χ2v) is 7.93. The summed E-state index contributed by atoms with van der Waals surface area (Å²) in [5, 5.41) is 0.102. The number of hydrogen-bond donors (Lipinski definition) is 0. The Hall–Kier alpha value is -1.04. The average Bonchev–Trinajstić information content (AvgIpc) is 2.64. The van der Waals surface area contributed by atoms with Gasteiger partial charge in [-0.2, -0.15) is 0 Å². The van der Waals surface area contributed by atoms with E-state index >= 15 is 0 Å². The van der Waals surface area contributed by atoms with Gasteiger partial charge in [-0.3, -0.25) is 14.4 Å². The summed E-state index contributed by atoms with van der Waals surface area (Å²) in [5.41, 5.74) is 0. The molecule has 0 bridgehead atoms. The summed E-state index contributed by atoms with van der Waals surface area (Å²) >= 11 is 1.17. The molecule has 27 heavy (non-hydrogen) atoms. The van der Waals surface area contributed by atoms with Crippen LogP contribution in [0.2, 0.25) is 0 Å². The summed E-state index contributed by atoms with van der Waals surface area (Å²) in [6.45, 7) is 6.28. The number of rotatable bonds is 17. The first-order chi connectivity index (χ1) is 13.0. The number of carbonyl (C=O) groups is 3. The minimum absolute atomic E-state index is 0.0275. The lowest BCUT2D eigenvalue weighted by atomic mass is 10.2. The Morgan fingerprint density at radius 3 is 1.81 bits per heavy atom. The van der Waals surface area contributed by atoms with Crippen molar-refractivity contribution in [2.45, 2.75) is 104 Å². The topological polar surface area (TPSA) is 69.7 Å². The van der Waals surface area contributed by atoms with E-state index in [0.29, 0.717) is 25.0 Å². The highest BCUT2D eigenvalue weighted by Gasteiger charge is 2.19. The van der Waals surface area contributed by atoms with Crippen LogP contribution >= 0.6 is 11.8 Å². The highest BCUT2D eigenvalue weighted by atomic mass is 32.2. The molecule has 0 aromatic carbocycles. The van der Waals surface area contributed by atoms with Gasteiger partial charge in [0, 0.05) is 25.0 Å². The van der Waals surface area contributed by atoms with Crippen molar-refractivity contribution < 1.29 is 23.9 Å². The minimum atomic E-state index is -0.561. The zero-order valence-electron chi connectivity index (χ0n) is 17.4. The first-order valence-corrected chi connectivity index (χ1v) is 11.5. The first-order valence-electron chi connectivity index (χ1n) is 10.5. The van der Waals surface area contributed by atoms with Crippen LogP contribution in [0.1, 0.15) is 97.8 Å². The second-order valence-electron chi connectivity index (χ2n) is 6.85. The zero-order valence-corrected chi connectivity index (χ0v) is 18.2. The maximum atomic E-state index is 12.0. The molecule has 0 radical (unpaired) electrons. The van der Waals surface area contributed by atoms with E-state index in [0.717, 1.165) is 57.8 Å². The summed E-state index contributed by atoms with van der Waals surface area (Å²) in [6, 6.07) is 0. The molecule has 0 aromatic rings. The Bertz CT molecular complexity index is 385. The normalized spacial score (nSPS) is 11.8. The molecule has 0 aromatic heterocycles. The zero-order chi connectivity index (χ0) is 20.3. The van der Waals surface area contributed by atoms with Crippen LogP contribution in [0.3, 0.4) is 0 Å². The largest absolute Gasteiger partial charge is 0.462 e. The molecule has 1 unspecified atom stereocenters. The van der Waals surface area contributed by atoms with Gasteiger partial charge in [-0.05, 0) is 19.3 Å². The average molecular weight is 403 g/mol. The molecule has 0 fully saturated rings. The van der Waals surface area contributed by atoms with Crippen LogP contribution in [-0.2, 0) is 23.9 Å². The fourth-order valence-corrected chi connectivity index (χ4v) is 3.26. The predicted octanol–water partition coefficient (Wildman–Crippen LogP) is 5.44. The molecule has 0 aliphatic heterocycles. The van der Waals surface area contributed by atoms with Gasteiger partial charge in [0.1, 0.15) is 12.7 Å². The van der Waals surface area contributed by atoms with Crippen molar-refractivity contribution in [1.29, 1.82) is 0 Å². The molecule has 0 aliphatic carbocycles. The Morgan fingerprint density at radius 1 is 0.741 bits per heavy atom. The number of ether oxygens (including phenoxy) is 2. The van der Waals surface area contributed by atoms with Crippen LogP contribution in [0.15, 0.2) is 0 Å². The number of esters is 2. The second kappa shape index (κ2) is 18.3. The molecule has 5 nitrogen and oxygen atoms in total. The number of unbranched alkanes of at least 4 members (excludes halogenated alkanes) is 6. The molecule has 0 amide bonds. The lowest BCUT2D eigenvalue weighted by molar-refractivity contribution is -0.157. The predicted molar refractivity (Wildman–Crippen MR) is 111 cm³/mol. The van der Waals surface area contributed by atoms with Crippen LogP contribution in [0.4, 0.5) is 0 Å². The molecule has 1 atom stereocenters. The van der Waals surface area contributed by atoms with Crippen molar-refractivity contribution >= 4 is 28.8 Å². The molecule has 158 valence electrons. The van der Waals surface area contributed by atoms with Gasteiger partial charge in [-0.15, -0.1) is 0 Å². The van der Waals surface area contributed by atoms with E-state index in [1.165, 1.54) is 11.8 Å². The molecule has 0 heterocycles. The molecular formula is C21H38O5S. The summed E-state index contributed by atoms with van der Waals surface area (Å²) in [4.78, 5) is 35.7. The van der Waals surface area contributed by atoms with Gasteiger partial charge in [0.15, 0.2) is 5.12 Å². The van der Waals surface area contributed by atoms with E-state index in [2.05, 4.69) is 20.8 Å². The molecule has 0 N–H and O–H groups in total. The van der Waals surface area contributed by atoms with E-state index in [4.69, 9.17) is 9.47 Å². The van der Waals surface area contributed by atoms with Gasteiger partial charge in [-0.25, -0.2) is 0 Å². The van der Waals surface area contributed by atoms with Crippen molar-refractivity contribution in [1.82, 2.24) is 0 Å². The lowest BCUT2D eigenvalue weighted by Crippen LogP contribution is -2.28. The summed E-state index contributed by atoms with van der Waals surface area (Å²) in [7, 11) is 0. The summed E-state index contributed by atoms with van der Waals surface area (Å²) < 4.78 is 10.7. The third kappa shape index (κ3) is 16.8. The van der Waals surface area contributed by atoms with E-state index in [9.17, 15) is 14.4 Å². The SMILES string of the molecule is CCCCCC(=O)OCC(CSC(=O)CCCCC)OC(=O)CCCCC. The fraction of sp³-hybridized carbons (Fsp3) is 0.857. The van der Waals surface area contributed by atoms with Crippen LogP contribution in [-0.4, -0.2) is 35.5 Å². The summed E-state index contributed by atoms with van der Waals surface area (Å²) in [5.74, 6) is -0.212. The fourth-order valence-electron chi connectivity index (χ4n) is 2.44. The standard InChI is InChI=1S/C21H38O5S/c1-4-7-10-13-19(22)25-16-18(26-20(23)14-11-8-5-2)17-27-21(24)15-12-9-6-3/h18H,4-17H2,1-3H3. The summed E-state index contributed by atoms with van der Waals surface area (Å²) in [6.07, 6.45) is 9.38. The quantitative estimate of drug-likeness (QED) is 0.238. The van der Waals surface area contributed by atoms with Crippen molar-refractivity contribution in [3.8, 4) is 0 Å². The molecule has 0 saturated heterocycles. The van der Waals surface area contributed by atoms with Crippen molar-refractivity contribution in [2.75, 3.05) is 12.4 Å². The molecular weight excluding hydrogens is 364 g/mol. The molecule has 0 rings (SSSR count). The monoisotopic (exact) mass is 402 g/mol. The Balaban J connectivity index is 4.36. The first kappa shape index (κ1) is 26.0. The molecule has 6 heteroatoms. The molecule has 0 aliphatic rings. The maximum Gasteiger partial charge on any atom is 0.306 e. The maximum absolute atomic E-state index is 12.0. The van der Waals surface area contributed by atoms with Crippen LogP contribution in [0.5, 0.6) is 0 Å². The van der Waals surface area contributed by atoms with Gasteiger partial charge in [-0.1, -0.05) is 71.1 Å². The van der Waals surface area contributed by atoms with E-state index in [1.807, 2.05) is 0 Å². The number of carbonyl (C=O) groups excluding carboxylic acids is 3. The van der Waals surface area contributed by atoms with Gasteiger partial charge < -0.3 is 9.47 Å².